The number of benzene rings is 1. The molecule has 0 saturated heterocycles. The Labute approximate surface area is 96.9 Å². The number of esters is 1. The van der Waals surface area contributed by atoms with Crippen LogP contribution in [0.25, 0.3) is 0 Å². The van der Waals surface area contributed by atoms with Crippen molar-refractivity contribution in [1.82, 2.24) is 0 Å². The van der Waals surface area contributed by atoms with Crippen molar-refractivity contribution >= 4 is 5.97 Å². The maximum atomic E-state index is 11.8. The van der Waals surface area contributed by atoms with Crippen LogP contribution >= 0.6 is 0 Å². The van der Waals surface area contributed by atoms with Crippen molar-refractivity contribution in [3.63, 3.8) is 0 Å². The highest BCUT2D eigenvalue weighted by Gasteiger charge is 2.20. The topological polar surface area (TPSA) is 26.3 Å². The summed E-state index contributed by atoms with van der Waals surface area (Å²) >= 11 is 0. The van der Waals surface area contributed by atoms with Crippen molar-refractivity contribution in [2.45, 2.75) is 25.7 Å². The van der Waals surface area contributed by atoms with Gasteiger partial charge in [0, 0.05) is 0 Å². The summed E-state index contributed by atoms with van der Waals surface area (Å²) in [7, 11) is 0. The molecule has 1 atom stereocenters. The lowest BCUT2D eigenvalue weighted by Crippen LogP contribution is -2.15. The van der Waals surface area contributed by atoms with Gasteiger partial charge in [-0.2, -0.15) is 0 Å². The van der Waals surface area contributed by atoms with E-state index in [1.165, 1.54) is 0 Å². The van der Waals surface area contributed by atoms with Crippen molar-refractivity contribution in [1.29, 1.82) is 0 Å². The first kappa shape index (κ1) is 12.5. The second-order valence-electron chi connectivity index (χ2n) is 3.58. The van der Waals surface area contributed by atoms with E-state index in [-0.39, 0.29) is 11.9 Å². The molecule has 0 aliphatic carbocycles. The molecule has 0 aromatic heterocycles. The first-order valence-electron chi connectivity index (χ1n) is 5.62. The smallest absolute Gasteiger partial charge is 0.313 e. The molecule has 0 fully saturated rings. The van der Waals surface area contributed by atoms with E-state index in [4.69, 9.17) is 4.74 Å². The Kier molecular flexibility index (Phi) is 5.34. The molecule has 0 aliphatic heterocycles. The number of rotatable bonds is 6. The van der Waals surface area contributed by atoms with Crippen molar-refractivity contribution in [2.24, 2.45) is 0 Å². The Bertz CT molecular complexity index is 330. The molecule has 1 aromatic rings. The van der Waals surface area contributed by atoms with Gasteiger partial charge in [0.25, 0.3) is 0 Å². The van der Waals surface area contributed by atoms with Gasteiger partial charge < -0.3 is 4.74 Å². The quantitative estimate of drug-likeness (QED) is 0.541. The summed E-state index contributed by atoms with van der Waals surface area (Å²) in [5, 5.41) is 0. The van der Waals surface area contributed by atoms with Crippen LogP contribution in [0.2, 0.25) is 0 Å². The van der Waals surface area contributed by atoms with Crippen LogP contribution in [-0.4, -0.2) is 12.6 Å². The lowest BCUT2D eigenvalue weighted by Gasteiger charge is -2.14. The van der Waals surface area contributed by atoms with E-state index in [2.05, 4.69) is 6.58 Å². The maximum absolute atomic E-state index is 11.8. The lowest BCUT2D eigenvalue weighted by atomic mass is 9.94. The second kappa shape index (κ2) is 6.83. The number of allylic oxidation sites excluding steroid dienone is 1. The fourth-order valence-corrected chi connectivity index (χ4v) is 1.63. The van der Waals surface area contributed by atoms with Crippen molar-refractivity contribution < 1.29 is 9.53 Å². The summed E-state index contributed by atoms with van der Waals surface area (Å²) in [4.78, 5) is 11.8. The number of ether oxygens (including phenoxy) is 1. The molecule has 0 amide bonds. The third-order valence-electron chi connectivity index (χ3n) is 2.43. The third kappa shape index (κ3) is 3.54. The fourth-order valence-electron chi connectivity index (χ4n) is 1.63. The van der Waals surface area contributed by atoms with E-state index in [9.17, 15) is 4.79 Å². The van der Waals surface area contributed by atoms with Gasteiger partial charge in [0.15, 0.2) is 0 Å². The van der Waals surface area contributed by atoms with E-state index in [0.717, 1.165) is 18.4 Å². The van der Waals surface area contributed by atoms with Crippen LogP contribution in [0.4, 0.5) is 0 Å². The van der Waals surface area contributed by atoms with Crippen LogP contribution in [0.15, 0.2) is 43.0 Å². The van der Waals surface area contributed by atoms with Gasteiger partial charge in [0.05, 0.1) is 12.5 Å². The first-order chi connectivity index (χ1) is 7.79. The normalized spacial score (nSPS) is 11.8. The molecule has 86 valence electrons. The van der Waals surface area contributed by atoms with Gasteiger partial charge in [0.1, 0.15) is 0 Å². The summed E-state index contributed by atoms with van der Waals surface area (Å²) in [5.74, 6) is -0.310. The highest BCUT2D eigenvalue weighted by Crippen LogP contribution is 2.22. The van der Waals surface area contributed by atoms with E-state index < -0.39 is 0 Å². The molecule has 16 heavy (non-hydrogen) atoms. The Balaban J connectivity index is 2.78. The van der Waals surface area contributed by atoms with Crippen LogP contribution < -0.4 is 0 Å². The molecular formula is C14H18O2. The molecular weight excluding hydrogens is 200 g/mol. The number of hydrogen-bond donors (Lipinski definition) is 0. The number of carbonyl (C=O) groups excluding carboxylic acids is 1. The SMILES string of the molecule is C=CCCC(C(=O)OCC)c1ccccc1. The molecule has 0 radical (unpaired) electrons. The molecule has 2 nitrogen and oxygen atoms in total. The van der Waals surface area contributed by atoms with Crippen molar-refractivity contribution in [3.05, 3.63) is 48.6 Å². The highest BCUT2D eigenvalue weighted by molar-refractivity contribution is 5.78. The van der Waals surface area contributed by atoms with Gasteiger partial charge in [-0.3, -0.25) is 4.79 Å². The number of hydrogen-bond acceptors (Lipinski definition) is 2. The predicted molar refractivity (Wildman–Crippen MR) is 65.2 cm³/mol. The summed E-state index contributed by atoms with van der Waals surface area (Å²) in [5.41, 5.74) is 1.02. The molecule has 2 heteroatoms. The Hall–Kier alpha value is -1.57. The molecule has 1 aromatic carbocycles. The summed E-state index contributed by atoms with van der Waals surface area (Å²) in [6.07, 6.45) is 3.40. The average molecular weight is 218 g/mol. The molecule has 1 rings (SSSR count). The zero-order valence-electron chi connectivity index (χ0n) is 9.69. The van der Waals surface area contributed by atoms with E-state index >= 15 is 0 Å². The standard InChI is InChI=1S/C14H18O2/c1-3-5-11-13(14(15)16-4-2)12-9-7-6-8-10-12/h3,6-10,13H,1,4-5,11H2,2H3. The number of carbonyl (C=O) groups is 1. The zero-order valence-corrected chi connectivity index (χ0v) is 9.69. The van der Waals surface area contributed by atoms with Gasteiger partial charge in [-0.25, -0.2) is 0 Å². The van der Waals surface area contributed by atoms with Crippen LogP contribution in [0.1, 0.15) is 31.2 Å². The van der Waals surface area contributed by atoms with Crippen molar-refractivity contribution in [2.75, 3.05) is 6.61 Å². The van der Waals surface area contributed by atoms with Crippen LogP contribution in [0.5, 0.6) is 0 Å². The minimum absolute atomic E-state index is 0.143. The lowest BCUT2D eigenvalue weighted by molar-refractivity contribution is -0.145. The van der Waals surface area contributed by atoms with Gasteiger partial charge in [-0.15, -0.1) is 6.58 Å². The van der Waals surface area contributed by atoms with Crippen LogP contribution in [-0.2, 0) is 9.53 Å². The van der Waals surface area contributed by atoms with Gasteiger partial charge in [0.2, 0.25) is 0 Å². The summed E-state index contributed by atoms with van der Waals surface area (Å²) in [6, 6.07) is 9.75. The fraction of sp³-hybridized carbons (Fsp3) is 0.357. The molecule has 1 unspecified atom stereocenters. The largest absolute Gasteiger partial charge is 0.466 e. The van der Waals surface area contributed by atoms with Crippen LogP contribution in [0.3, 0.4) is 0 Å². The molecule has 0 aliphatic rings. The van der Waals surface area contributed by atoms with E-state index in [0.29, 0.717) is 6.61 Å². The van der Waals surface area contributed by atoms with E-state index in [1.807, 2.05) is 43.3 Å². The summed E-state index contributed by atoms with van der Waals surface area (Å²) in [6.45, 7) is 5.93. The van der Waals surface area contributed by atoms with Crippen molar-refractivity contribution in [3.8, 4) is 0 Å². The minimum atomic E-state index is -0.167. The van der Waals surface area contributed by atoms with Gasteiger partial charge in [-0.05, 0) is 25.3 Å². The Morgan fingerprint density at radius 2 is 2.12 bits per heavy atom. The molecule has 0 bridgehead atoms. The average Bonchev–Trinajstić information content (AvgIpc) is 2.31. The zero-order chi connectivity index (χ0) is 11.8. The second-order valence-corrected chi connectivity index (χ2v) is 3.58. The van der Waals surface area contributed by atoms with Crippen LogP contribution in [0, 0.1) is 0 Å². The summed E-state index contributed by atoms with van der Waals surface area (Å²) < 4.78 is 5.08. The Morgan fingerprint density at radius 3 is 2.69 bits per heavy atom. The maximum Gasteiger partial charge on any atom is 0.313 e. The minimum Gasteiger partial charge on any atom is -0.466 e. The Morgan fingerprint density at radius 1 is 1.44 bits per heavy atom. The third-order valence-corrected chi connectivity index (χ3v) is 2.43. The molecule has 0 saturated carbocycles. The first-order valence-corrected chi connectivity index (χ1v) is 5.62. The van der Waals surface area contributed by atoms with E-state index in [1.54, 1.807) is 0 Å². The molecule has 0 N–H and O–H groups in total. The molecule has 0 spiro atoms. The van der Waals surface area contributed by atoms with Gasteiger partial charge >= 0.3 is 5.97 Å². The molecule has 0 heterocycles. The predicted octanol–water partition coefficient (Wildman–Crippen LogP) is 3.30. The monoisotopic (exact) mass is 218 g/mol. The van der Waals surface area contributed by atoms with Gasteiger partial charge in [-0.1, -0.05) is 36.4 Å². The highest BCUT2D eigenvalue weighted by atomic mass is 16.5.